The molecule has 0 spiro atoms. The Morgan fingerprint density at radius 1 is 1.25 bits per heavy atom. The van der Waals surface area contributed by atoms with Crippen molar-refractivity contribution in [3.8, 4) is 5.75 Å². The van der Waals surface area contributed by atoms with Gasteiger partial charge in [-0.1, -0.05) is 18.2 Å². The van der Waals surface area contributed by atoms with Crippen molar-refractivity contribution in [2.45, 2.75) is 13.0 Å². The lowest BCUT2D eigenvalue weighted by Gasteiger charge is -2.33. The van der Waals surface area contributed by atoms with Gasteiger partial charge in [-0.2, -0.15) is 0 Å². The van der Waals surface area contributed by atoms with Gasteiger partial charge in [0.15, 0.2) is 0 Å². The van der Waals surface area contributed by atoms with Gasteiger partial charge in [-0.15, -0.1) is 0 Å². The molecule has 1 unspecified atom stereocenters. The molecule has 1 aromatic carbocycles. The first kappa shape index (κ1) is 11.4. The Kier molecular flexibility index (Phi) is 3.80. The van der Waals surface area contributed by atoms with Gasteiger partial charge in [0, 0.05) is 37.8 Å². The SMILES string of the molecule is COc1ccccc1C(C)N1CCNCC1. The van der Waals surface area contributed by atoms with E-state index >= 15 is 0 Å². The van der Waals surface area contributed by atoms with Gasteiger partial charge < -0.3 is 10.1 Å². The number of nitrogens with zero attached hydrogens (tertiary/aromatic N) is 1. The molecular weight excluding hydrogens is 200 g/mol. The van der Waals surface area contributed by atoms with Crippen molar-refractivity contribution in [2.75, 3.05) is 33.3 Å². The summed E-state index contributed by atoms with van der Waals surface area (Å²) in [6.07, 6.45) is 0. The third-order valence-corrected chi connectivity index (χ3v) is 3.29. The van der Waals surface area contributed by atoms with Gasteiger partial charge in [0.05, 0.1) is 7.11 Å². The molecule has 0 radical (unpaired) electrons. The Morgan fingerprint density at radius 3 is 2.62 bits per heavy atom. The highest BCUT2D eigenvalue weighted by Gasteiger charge is 2.20. The van der Waals surface area contributed by atoms with Crippen LogP contribution < -0.4 is 10.1 Å². The number of ether oxygens (including phenoxy) is 1. The number of methoxy groups -OCH3 is 1. The highest BCUT2D eigenvalue weighted by molar-refractivity contribution is 5.35. The molecule has 16 heavy (non-hydrogen) atoms. The molecular formula is C13H20N2O. The van der Waals surface area contributed by atoms with Crippen molar-refractivity contribution in [3.05, 3.63) is 29.8 Å². The van der Waals surface area contributed by atoms with Crippen molar-refractivity contribution >= 4 is 0 Å². The molecule has 1 fully saturated rings. The van der Waals surface area contributed by atoms with E-state index in [9.17, 15) is 0 Å². The van der Waals surface area contributed by atoms with E-state index in [0.29, 0.717) is 6.04 Å². The number of rotatable bonds is 3. The molecule has 1 aliphatic heterocycles. The van der Waals surface area contributed by atoms with Crippen LogP contribution >= 0.6 is 0 Å². The van der Waals surface area contributed by atoms with E-state index in [1.54, 1.807) is 7.11 Å². The third-order valence-electron chi connectivity index (χ3n) is 3.29. The van der Waals surface area contributed by atoms with E-state index in [0.717, 1.165) is 31.9 Å². The predicted molar refractivity (Wildman–Crippen MR) is 65.9 cm³/mol. The van der Waals surface area contributed by atoms with Crippen LogP contribution in [0.2, 0.25) is 0 Å². The molecule has 1 saturated heterocycles. The zero-order valence-corrected chi connectivity index (χ0v) is 10.1. The summed E-state index contributed by atoms with van der Waals surface area (Å²) in [5.74, 6) is 0.994. The summed E-state index contributed by atoms with van der Waals surface area (Å²) < 4.78 is 5.41. The summed E-state index contributed by atoms with van der Waals surface area (Å²) in [6.45, 7) is 6.64. The molecule has 1 N–H and O–H groups in total. The zero-order valence-electron chi connectivity index (χ0n) is 10.1. The van der Waals surface area contributed by atoms with Crippen molar-refractivity contribution in [1.29, 1.82) is 0 Å². The molecule has 1 atom stereocenters. The largest absolute Gasteiger partial charge is 0.496 e. The molecule has 0 aliphatic carbocycles. The summed E-state index contributed by atoms with van der Waals surface area (Å²) in [4.78, 5) is 2.49. The summed E-state index contributed by atoms with van der Waals surface area (Å²) in [5, 5.41) is 3.38. The fourth-order valence-corrected chi connectivity index (χ4v) is 2.28. The molecule has 1 heterocycles. The quantitative estimate of drug-likeness (QED) is 0.838. The lowest BCUT2D eigenvalue weighted by atomic mass is 10.1. The fraction of sp³-hybridized carbons (Fsp3) is 0.538. The van der Waals surface area contributed by atoms with Crippen LogP contribution in [0.4, 0.5) is 0 Å². The highest BCUT2D eigenvalue weighted by atomic mass is 16.5. The molecule has 3 heteroatoms. The minimum absolute atomic E-state index is 0.429. The van der Waals surface area contributed by atoms with Crippen LogP contribution in [0.5, 0.6) is 5.75 Å². The molecule has 1 aromatic rings. The van der Waals surface area contributed by atoms with Crippen LogP contribution in [0.1, 0.15) is 18.5 Å². The normalized spacial score (nSPS) is 19.4. The number of piperazine rings is 1. The highest BCUT2D eigenvalue weighted by Crippen LogP contribution is 2.28. The zero-order chi connectivity index (χ0) is 11.4. The maximum Gasteiger partial charge on any atom is 0.123 e. The minimum atomic E-state index is 0.429. The second-order valence-electron chi connectivity index (χ2n) is 4.20. The summed E-state index contributed by atoms with van der Waals surface area (Å²) in [7, 11) is 1.74. The summed E-state index contributed by atoms with van der Waals surface area (Å²) in [6, 6.07) is 8.72. The Hall–Kier alpha value is -1.06. The van der Waals surface area contributed by atoms with E-state index in [4.69, 9.17) is 4.74 Å². The molecule has 0 bridgehead atoms. The Bertz CT molecular complexity index is 334. The number of hydrogen-bond donors (Lipinski definition) is 1. The molecule has 1 aliphatic rings. The molecule has 0 aromatic heterocycles. The standard InChI is InChI=1S/C13H20N2O/c1-11(15-9-7-14-8-10-15)12-5-3-4-6-13(12)16-2/h3-6,11,14H,7-10H2,1-2H3. The van der Waals surface area contributed by atoms with Gasteiger partial charge in [0.25, 0.3) is 0 Å². The van der Waals surface area contributed by atoms with Gasteiger partial charge in [-0.3, -0.25) is 4.90 Å². The third kappa shape index (κ3) is 2.36. The molecule has 0 saturated carbocycles. The number of nitrogens with one attached hydrogen (secondary N) is 1. The van der Waals surface area contributed by atoms with Crippen molar-refractivity contribution in [2.24, 2.45) is 0 Å². The van der Waals surface area contributed by atoms with Gasteiger partial charge in [0.1, 0.15) is 5.75 Å². The van der Waals surface area contributed by atoms with E-state index in [1.807, 2.05) is 12.1 Å². The molecule has 88 valence electrons. The lowest BCUT2D eigenvalue weighted by Crippen LogP contribution is -2.44. The topological polar surface area (TPSA) is 24.5 Å². The van der Waals surface area contributed by atoms with E-state index in [1.165, 1.54) is 5.56 Å². The average molecular weight is 220 g/mol. The van der Waals surface area contributed by atoms with Crippen LogP contribution in [0.15, 0.2) is 24.3 Å². The molecule has 0 amide bonds. The van der Waals surface area contributed by atoms with Crippen LogP contribution in [0.25, 0.3) is 0 Å². The lowest BCUT2D eigenvalue weighted by molar-refractivity contribution is 0.182. The summed E-state index contributed by atoms with van der Waals surface area (Å²) >= 11 is 0. The monoisotopic (exact) mass is 220 g/mol. The predicted octanol–water partition coefficient (Wildman–Crippen LogP) is 1.66. The van der Waals surface area contributed by atoms with Crippen LogP contribution in [-0.4, -0.2) is 38.2 Å². The van der Waals surface area contributed by atoms with Gasteiger partial charge in [-0.25, -0.2) is 0 Å². The Morgan fingerprint density at radius 2 is 1.94 bits per heavy atom. The molecule has 3 nitrogen and oxygen atoms in total. The fourth-order valence-electron chi connectivity index (χ4n) is 2.28. The maximum atomic E-state index is 5.41. The van der Waals surface area contributed by atoms with Crippen molar-refractivity contribution < 1.29 is 4.74 Å². The second-order valence-corrected chi connectivity index (χ2v) is 4.20. The van der Waals surface area contributed by atoms with Crippen LogP contribution in [-0.2, 0) is 0 Å². The van der Waals surface area contributed by atoms with Gasteiger partial charge in [0.2, 0.25) is 0 Å². The van der Waals surface area contributed by atoms with Crippen LogP contribution in [0, 0.1) is 0 Å². The Balaban J connectivity index is 2.15. The van der Waals surface area contributed by atoms with Crippen LogP contribution in [0.3, 0.4) is 0 Å². The first-order chi connectivity index (χ1) is 7.83. The van der Waals surface area contributed by atoms with E-state index in [-0.39, 0.29) is 0 Å². The minimum Gasteiger partial charge on any atom is -0.496 e. The first-order valence-corrected chi connectivity index (χ1v) is 5.90. The van der Waals surface area contributed by atoms with Crippen molar-refractivity contribution in [3.63, 3.8) is 0 Å². The molecule has 2 rings (SSSR count). The van der Waals surface area contributed by atoms with Gasteiger partial charge >= 0.3 is 0 Å². The van der Waals surface area contributed by atoms with E-state index in [2.05, 4.69) is 29.3 Å². The number of para-hydroxylation sites is 1. The maximum absolute atomic E-state index is 5.41. The first-order valence-electron chi connectivity index (χ1n) is 5.90. The summed E-state index contributed by atoms with van der Waals surface area (Å²) in [5.41, 5.74) is 1.28. The second kappa shape index (κ2) is 5.32. The number of benzene rings is 1. The van der Waals surface area contributed by atoms with E-state index < -0.39 is 0 Å². The average Bonchev–Trinajstić information content (AvgIpc) is 2.39. The number of hydrogen-bond acceptors (Lipinski definition) is 3. The Labute approximate surface area is 97.4 Å². The van der Waals surface area contributed by atoms with Gasteiger partial charge in [-0.05, 0) is 13.0 Å². The smallest absolute Gasteiger partial charge is 0.123 e. The van der Waals surface area contributed by atoms with Crippen molar-refractivity contribution in [1.82, 2.24) is 10.2 Å².